The third-order valence-corrected chi connectivity index (χ3v) is 6.91. The van der Waals surface area contributed by atoms with Crippen molar-refractivity contribution in [2.24, 2.45) is 22.6 Å². The molecular formula is C26H32N6. The number of hydrogen-bond acceptors (Lipinski definition) is 5. The van der Waals surface area contributed by atoms with E-state index in [4.69, 9.17) is 5.73 Å². The van der Waals surface area contributed by atoms with E-state index in [0.717, 1.165) is 65.2 Å². The van der Waals surface area contributed by atoms with Gasteiger partial charge in [-0.2, -0.15) is 0 Å². The van der Waals surface area contributed by atoms with Gasteiger partial charge in [-0.25, -0.2) is 9.98 Å². The first kappa shape index (κ1) is 20.8. The van der Waals surface area contributed by atoms with Gasteiger partial charge in [0.1, 0.15) is 11.5 Å². The molecule has 0 amide bonds. The number of likely N-dealkylation sites (tertiary alicyclic amines) is 2. The maximum Gasteiger partial charge on any atom is 0.137 e. The number of fused-ring (bicyclic) bond motifs is 3. The maximum atomic E-state index is 5.91. The Balaban J connectivity index is 0.00000105. The number of nitrogens with zero attached hydrogens (tertiary/aromatic N) is 5. The molecule has 0 spiro atoms. The summed E-state index contributed by atoms with van der Waals surface area (Å²) in [5.74, 6) is 2.19. The number of hydrogen-bond donors (Lipinski definition) is 1. The van der Waals surface area contributed by atoms with Crippen LogP contribution in [0, 0.1) is 11.8 Å². The van der Waals surface area contributed by atoms with Gasteiger partial charge in [0.05, 0.1) is 23.3 Å². The van der Waals surface area contributed by atoms with Crippen molar-refractivity contribution >= 4 is 22.9 Å². The van der Waals surface area contributed by atoms with Gasteiger partial charge in [0.25, 0.3) is 0 Å². The zero-order valence-electron chi connectivity index (χ0n) is 19.3. The molecule has 6 rings (SSSR count). The molecule has 1 aromatic carbocycles. The first-order valence-corrected chi connectivity index (χ1v) is 11.6. The number of amidine groups is 1. The minimum Gasteiger partial charge on any atom is -0.387 e. The average Bonchev–Trinajstić information content (AvgIpc) is 3.54. The fourth-order valence-electron chi connectivity index (χ4n) is 5.36. The lowest BCUT2D eigenvalue weighted by molar-refractivity contribution is 0.342. The lowest BCUT2D eigenvalue weighted by Gasteiger charge is -2.23. The van der Waals surface area contributed by atoms with Gasteiger partial charge in [-0.1, -0.05) is 32.6 Å². The summed E-state index contributed by atoms with van der Waals surface area (Å²) >= 11 is 0. The predicted molar refractivity (Wildman–Crippen MR) is 132 cm³/mol. The molecule has 6 heteroatoms. The van der Waals surface area contributed by atoms with Gasteiger partial charge in [0, 0.05) is 38.8 Å². The number of benzene rings is 1. The monoisotopic (exact) mass is 428 g/mol. The Morgan fingerprint density at radius 2 is 1.75 bits per heavy atom. The second-order valence-electron chi connectivity index (χ2n) is 9.01. The van der Waals surface area contributed by atoms with Crippen LogP contribution in [-0.4, -0.2) is 58.2 Å². The van der Waals surface area contributed by atoms with Crippen LogP contribution in [0.15, 0.2) is 54.3 Å². The Bertz CT molecular complexity index is 1190. The fourth-order valence-corrected chi connectivity index (χ4v) is 5.36. The summed E-state index contributed by atoms with van der Waals surface area (Å²) in [6.45, 7) is 13.0. The normalized spacial score (nSPS) is 21.8. The van der Waals surface area contributed by atoms with Crippen molar-refractivity contribution in [3.8, 4) is 11.1 Å². The van der Waals surface area contributed by atoms with Crippen LogP contribution >= 0.6 is 0 Å². The maximum absolute atomic E-state index is 5.91. The van der Waals surface area contributed by atoms with E-state index in [1.54, 1.807) is 0 Å². The van der Waals surface area contributed by atoms with E-state index in [2.05, 4.69) is 74.3 Å². The second-order valence-corrected chi connectivity index (χ2v) is 9.01. The Morgan fingerprint density at radius 1 is 1.03 bits per heavy atom. The number of imidazole rings is 1. The number of aliphatic imine (C=N–C) groups is 1. The molecule has 2 atom stereocenters. The van der Waals surface area contributed by atoms with E-state index < -0.39 is 0 Å². The standard InChI is InChI=1S/C24H26N6.C2H6/c1-15(29-12-19-10-28(2)11-20(19)13-29)22-9-26-24-6-5-18(14-30(22)24)16-3-4-17-8-23(25)27-21(17)7-16;1-2/h3-7,9,14,19-20H,1,8,10-13H2,2H3,(H2,25,27);1-2H3. The molecule has 0 aliphatic carbocycles. The van der Waals surface area contributed by atoms with Crippen LogP contribution in [0.5, 0.6) is 0 Å². The van der Waals surface area contributed by atoms with Crippen LogP contribution in [-0.2, 0) is 6.42 Å². The number of nitrogens with two attached hydrogens (primary N) is 1. The zero-order valence-corrected chi connectivity index (χ0v) is 19.3. The van der Waals surface area contributed by atoms with E-state index >= 15 is 0 Å². The van der Waals surface area contributed by atoms with Crippen molar-refractivity contribution < 1.29 is 0 Å². The summed E-state index contributed by atoms with van der Waals surface area (Å²) in [5, 5.41) is 0. The van der Waals surface area contributed by atoms with Gasteiger partial charge in [-0.3, -0.25) is 4.40 Å². The van der Waals surface area contributed by atoms with Crippen molar-refractivity contribution in [2.45, 2.75) is 20.3 Å². The van der Waals surface area contributed by atoms with Gasteiger partial charge in [-0.15, -0.1) is 0 Å². The van der Waals surface area contributed by atoms with Crippen LogP contribution in [0.3, 0.4) is 0 Å². The Labute approximate surface area is 190 Å². The van der Waals surface area contributed by atoms with Gasteiger partial charge < -0.3 is 15.5 Å². The van der Waals surface area contributed by atoms with Crippen LogP contribution in [0.2, 0.25) is 0 Å². The van der Waals surface area contributed by atoms with Crippen LogP contribution in [0.25, 0.3) is 22.5 Å². The number of pyridine rings is 1. The molecule has 5 heterocycles. The van der Waals surface area contributed by atoms with Gasteiger partial charge >= 0.3 is 0 Å². The summed E-state index contributed by atoms with van der Waals surface area (Å²) < 4.78 is 2.17. The minimum atomic E-state index is 0.687. The summed E-state index contributed by atoms with van der Waals surface area (Å²) in [5.41, 5.74) is 13.4. The highest BCUT2D eigenvalue weighted by atomic mass is 15.2. The van der Waals surface area contributed by atoms with Crippen LogP contribution in [0.4, 0.5) is 5.69 Å². The molecule has 2 fully saturated rings. The quantitative estimate of drug-likeness (QED) is 0.684. The largest absolute Gasteiger partial charge is 0.387 e. The Kier molecular flexibility index (Phi) is 5.25. The van der Waals surface area contributed by atoms with Crippen LogP contribution < -0.4 is 5.73 Å². The molecule has 0 bridgehead atoms. The molecule has 6 nitrogen and oxygen atoms in total. The molecule has 3 aromatic rings. The van der Waals surface area contributed by atoms with Crippen LogP contribution in [0.1, 0.15) is 25.1 Å². The van der Waals surface area contributed by atoms with Gasteiger partial charge in [0.15, 0.2) is 0 Å². The molecule has 3 aliphatic rings. The summed E-state index contributed by atoms with van der Waals surface area (Å²) in [6, 6.07) is 10.6. The highest BCUT2D eigenvalue weighted by molar-refractivity contribution is 5.91. The fraction of sp³-hybridized carbons (Fsp3) is 0.385. The van der Waals surface area contributed by atoms with E-state index in [0.29, 0.717) is 5.84 Å². The SMILES string of the molecule is C=C(c1cnc2ccc(-c3ccc4c(c3)N=C(N)C4)cn12)N1CC2CN(C)CC2C1.CC. The van der Waals surface area contributed by atoms with Crippen molar-refractivity contribution in [2.75, 3.05) is 33.2 Å². The van der Waals surface area contributed by atoms with Crippen molar-refractivity contribution in [1.29, 1.82) is 0 Å². The third kappa shape index (κ3) is 3.48. The molecule has 2 N–H and O–H groups in total. The molecular weight excluding hydrogens is 396 g/mol. The first-order chi connectivity index (χ1) is 15.5. The van der Waals surface area contributed by atoms with Gasteiger partial charge in [-0.05, 0) is 53.8 Å². The molecule has 2 unspecified atom stereocenters. The molecule has 166 valence electrons. The molecule has 2 aromatic heterocycles. The summed E-state index contributed by atoms with van der Waals surface area (Å²) in [6.07, 6.45) is 4.86. The van der Waals surface area contributed by atoms with E-state index in [1.165, 1.54) is 18.7 Å². The lowest BCUT2D eigenvalue weighted by Crippen LogP contribution is -2.25. The number of rotatable bonds is 3. The minimum absolute atomic E-state index is 0.687. The molecule has 2 saturated heterocycles. The topological polar surface area (TPSA) is 62.2 Å². The van der Waals surface area contributed by atoms with E-state index in [9.17, 15) is 0 Å². The van der Waals surface area contributed by atoms with Gasteiger partial charge in [0.2, 0.25) is 0 Å². The molecule has 32 heavy (non-hydrogen) atoms. The van der Waals surface area contributed by atoms with Crippen molar-refractivity contribution in [3.05, 3.63) is 60.6 Å². The Hall–Kier alpha value is -3.12. The highest BCUT2D eigenvalue weighted by Gasteiger charge is 2.39. The smallest absolute Gasteiger partial charge is 0.137 e. The Morgan fingerprint density at radius 3 is 2.50 bits per heavy atom. The number of aromatic nitrogens is 2. The highest BCUT2D eigenvalue weighted by Crippen LogP contribution is 2.35. The first-order valence-electron chi connectivity index (χ1n) is 11.6. The lowest BCUT2D eigenvalue weighted by atomic mass is 10.0. The zero-order chi connectivity index (χ0) is 22.4. The summed E-state index contributed by atoms with van der Waals surface area (Å²) in [7, 11) is 2.22. The van der Waals surface area contributed by atoms with E-state index in [1.807, 2.05) is 20.0 Å². The molecule has 0 saturated carbocycles. The van der Waals surface area contributed by atoms with Crippen molar-refractivity contribution in [1.82, 2.24) is 19.2 Å². The summed E-state index contributed by atoms with van der Waals surface area (Å²) in [4.78, 5) is 14.0. The molecule has 3 aliphatic heterocycles. The molecule has 0 radical (unpaired) electrons. The second kappa shape index (κ2) is 8.10. The average molecular weight is 429 g/mol. The third-order valence-electron chi connectivity index (χ3n) is 6.91. The predicted octanol–water partition coefficient (Wildman–Crippen LogP) is 4.04. The van der Waals surface area contributed by atoms with Crippen molar-refractivity contribution in [3.63, 3.8) is 0 Å². The van der Waals surface area contributed by atoms with E-state index in [-0.39, 0.29) is 0 Å².